The lowest BCUT2D eigenvalue weighted by atomic mass is 10.0. The number of hydrogen-bond acceptors (Lipinski definition) is 4. The molecule has 0 fully saturated rings. The van der Waals surface area contributed by atoms with E-state index in [1.54, 1.807) is 0 Å². The van der Waals surface area contributed by atoms with Gasteiger partial charge in [0.05, 0.1) is 0 Å². The van der Waals surface area contributed by atoms with Gasteiger partial charge in [-0.2, -0.15) is 0 Å². The molecule has 0 radical (unpaired) electrons. The minimum absolute atomic E-state index is 0.752. The van der Waals surface area contributed by atoms with E-state index in [1.165, 1.54) is 17.5 Å². The number of rotatable bonds is 2. The number of hydrogen-bond donors (Lipinski definition) is 1. The molecule has 0 bridgehead atoms. The van der Waals surface area contributed by atoms with Gasteiger partial charge in [0.2, 0.25) is 0 Å². The Morgan fingerprint density at radius 1 is 1.19 bits per heavy atom. The van der Waals surface area contributed by atoms with Gasteiger partial charge in [-0.15, -0.1) is 10.2 Å². The first-order chi connectivity index (χ1) is 7.72. The number of nitrogens with one attached hydrogen (secondary N) is 1. The lowest BCUT2D eigenvalue weighted by Gasteiger charge is -2.08. The van der Waals surface area contributed by atoms with Gasteiger partial charge in [0.1, 0.15) is 12.0 Å². The van der Waals surface area contributed by atoms with Crippen LogP contribution in [0.15, 0.2) is 24.5 Å². The lowest BCUT2D eigenvalue weighted by Crippen LogP contribution is -2.00. The van der Waals surface area contributed by atoms with Crippen LogP contribution in [0.4, 0.5) is 5.82 Å². The normalized spacial score (nSPS) is 10.2. The Bertz CT molecular complexity index is 508. The summed E-state index contributed by atoms with van der Waals surface area (Å²) >= 11 is 0. The first kappa shape index (κ1) is 10.5. The molecule has 1 heterocycles. The van der Waals surface area contributed by atoms with Gasteiger partial charge in [-0.25, -0.2) is 4.98 Å². The van der Waals surface area contributed by atoms with Crippen LogP contribution in [0, 0.1) is 13.8 Å². The molecule has 0 aliphatic heterocycles. The molecule has 2 aromatic rings. The zero-order valence-corrected chi connectivity index (χ0v) is 9.65. The van der Waals surface area contributed by atoms with Crippen molar-refractivity contribution in [2.24, 2.45) is 0 Å². The van der Waals surface area contributed by atoms with Gasteiger partial charge in [-0.05, 0) is 19.4 Å². The van der Waals surface area contributed by atoms with Crippen molar-refractivity contribution in [3.63, 3.8) is 0 Å². The van der Waals surface area contributed by atoms with Crippen LogP contribution in [0.1, 0.15) is 11.1 Å². The molecule has 0 saturated carbocycles. The Kier molecular flexibility index (Phi) is 2.81. The summed E-state index contributed by atoms with van der Waals surface area (Å²) in [6.07, 6.45) is 1.44. The highest BCUT2D eigenvalue weighted by atomic mass is 15.2. The van der Waals surface area contributed by atoms with Gasteiger partial charge in [0.15, 0.2) is 5.82 Å². The number of nitrogens with zero attached hydrogens (tertiary/aromatic N) is 3. The van der Waals surface area contributed by atoms with Gasteiger partial charge in [0, 0.05) is 12.6 Å². The second kappa shape index (κ2) is 4.26. The molecule has 0 saturated heterocycles. The Morgan fingerprint density at radius 3 is 2.69 bits per heavy atom. The third kappa shape index (κ3) is 1.86. The third-order valence-electron chi connectivity index (χ3n) is 2.49. The van der Waals surface area contributed by atoms with E-state index in [0.29, 0.717) is 0 Å². The molecule has 1 aromatic carbocycles. The number of aryl methyl sites for hydroxylation is 2. The van der Waals surface area contributed by atoms with E-state index in [0.717, 1.165) is 17.1 Å². The topological polar surface area (TPSA) is 50.7 Å². The molecule has 82 valence electrons. The predicted molar refractivity (Wildman–Crippen MR) is 64.3 cm³/mol. The third-order valence-corrected chi connectivity index (χ3v) is 2.49. The quantitative estimate of drug-likeness (QED) is 0.832. The van der Waals surface area contributed by atoms with E-state index < -0.39 is 0 Å². The summed E-state index contributed by atoms with van der Waals surface area (Å²) in [5.41, 5.74) is 4.28. The van der Waals surface area contributed by atoms with Crippen LogP contribution in [0.3, 0.4) is 0 Å². The maximum atomic E-state index is 4.15. The van der Waals surface area contributed by atoms with Crippen molar-refractivity contribution in [2.75, 3.05) is 12.4 Å². The summed E-state index contributed by atoms with van der Waals surface area (Å²) in [6.45, 7) is 4.14. The highest BCUT2D eigenvalue weighted by molar-refractivity contribution is 5.73. The highest BCUT2D eigenvalue weighted by Crippen LogP contribution is 2.26. The summed E-state index contributed by atoms with van der Waals surface area (Å²) in [7, 11) is 1.83. The number of anilines is 1. The minimum Gasteiger partial charge on any atom is -0.371 e. The van der Waals surface area contributed by atoms with Crippen LogP contribution in [0.25, 0.3) is 11.3 Å². The van der Waals surface area contributed by atoms with Gasteiger partial charge >= 0.3 is 0 Å². The van der Waals surface area contributed by atoms with E-state index in [-0.39, 0.29) is 0 Å². The SMILES string of the molecule is CNc1ncnnc1-c1ccc(C)cc1C. The zero-order chi connectivity index (χ0) is 11.5. The van der Waals surface area contributed by atoms with Crippen LogP contribution in [-0.2, 0) is 0 Å². The smallest absolute Gasteiger partial charge is 0.156 e. The Labute approximate surface area is 94.8 Å². The van der Waals surface area contributed by atoms with E-state index in [4.69, 9.17) is 0 Å². The molecule has 1 N–H and O–H groups in total. The van der Waals surface area contributed by atoms with Crippen molar-refractivity contribution in [1.29, 1.82) is 0 Å². The predicted octanol–water partition coefficient (Wildman–Crippen LogP) is 2.20. The molecule has 0 aliphatic rings. The monoisotopic (exact) mass is 214 g/mol. The van der Waals surface area contributed by atoms with E-state index in [1.807, 2.05) is 7.05 Å². The molecule has 0 aliphatic carbocycles. The molecule has 4 nitrogen and oxygen atoms in total. The highest BCUT2D eigenvalue weighted by Gasteiger charge is 2.09. The molecule has 0 unspecified atom stereocenters. The zero-order valence-electron chi connectivity index (χ0n) is 9.65. The van der Waals surface area contributed by atoms with Crippen LogP contribution in [0.2, 0.25) is 0 Å². The van der Waals surface area contributed by atoms with E-state index in [9.17, 15) is 0 Å². The summed E-state index contributed by atoms with van der Waals surface area (Å²) in [5.74, 6) is 0.752. The van der Waals surface area contributed by atoms with Crippen molar-refractivity contribution >= 4 is 5.82 Å². The van der Waals surface area contributed by atoms with Gasteiger partial charge in [-0.1, -0.05) is 23.8 Å². The molecular weight excluding hydrogens is 200 g/mol. The maximum Gasteiger partial charge on any atom is 0.156 e. The second-order valence-corrected chi connectivity index (χ2v) is 3.73. The maximum absolute atomic E-state index is 4.15. The molecule has 0 amide bonds. The minimum atomic E-state index is 0.752. The van der Waals surface area contributed by atoms with Crippen LogP contribution >= 0.6 is 0 Å². The fourth-order valence-corrected chi connectivity index (χ4v) is 1.72. The number of aromatic nitrogens is 3. The molecule has 0 atom stereocenters. The molecule has 1 aromatic heterocycles. The Hall–Kier alpha value is -1.97. The Morgan fingerprint density at radius 2 is 2.00 bits per heavy atom. The summed E-state index contributed by atoms with van der Waals surface area (Å²) < 4.78 is 0. The van der Waals surface area contributed by atoms with Gasteiger partial charge < -0.3 is 5.32 Å². The van der Waals surface area contributed by atoms with Crippen LogP contribution in [0.5, 0.6) is 0 Å². The van der Waals surface area contributed by atoms with Crippen molar-refractivity contribution in [2.45, 2.75) is 13.8 Å². The molecular formula is C12H14N4. The van der Waals surface area contributed by atoms with Crippen molar-refractivity contribution in [3.8, 4) is 11.3 Å². The summed E-state index contributed by atoms with van der Waals surface area (Å²) in [6, 6.07) is 6.25. The summed E-state index contributed by atoms with van der Waals surface area (Å²) in [4.78, 5) is 4.15. The van der Waals surface area contributed by atoms with Crippen LogP contribution in [-0.4, -0.2) is 22.2 Å². The first-order valence-corrected chi connectivity index (χ1v) is 5.15. The van der Waals surface area contributed by atoms with Crippen molar-refractivity contribution < 1.29 is 0 Å². The molecule has 0 spiro atoms. The van der Waals surface area contributed by atoms with Gasteiger partial charge in [0.25, 0.3) is 0 Å². The Balaban J connectivity index is 2.58. The average molecular weight is 214 g/mol. The fraction of sp³-hybridized carbons (Fsp3) is 0.250. The largest absolute Gasteiger partial charge is 0.371 e. The standard InChI is InChI=1S/C12H14N4/c1-8-4-5-10(9(2)6-8)11-12(13-3)14-7-15-16-11/h4-7H,1-3H3,(H,13,14,15). The van der Waals surface area contributed by atoms with Crippen molar-refractivity contribution in [1.82, 2.24) is 15.2 Å². The van der Waals surface area contributed by atoms with Gasteiger partial charge in [-0.3, -0.25) is 0 Å². The first-order valence-electron chi connectivity index (χ1n) is 5.15. The average Bonchev–Trinajstić information content (AvgIpc) is 2.29. The molecule has 16 heavy (non-hydrogen) atoms. The fourth-order valence-electron chi connectivity index (χ4n) is 1.72. The van der Waals surface area contributed by atoms with E-state index in [2.05, 4.69) is 52.5 Å². The van der Waals surface area contributed by atoms with E-state index >= 15 is 0 Å². The lowest BCUT2D eigenvalue weighted by molar-refractivity contribution is 0.976. The van der Waals surface area contributed by atoms with Crippen molar-refractivity contribution in [3.05, 3.63) is 35.7 Å². The number of benzene rings is 1. The summed E-state index contributed by atoms with van der Waals surface area (Å²) in [5, 5.41) is 11.0. The molecule has 4 heteroatoms. The molecule has 2 rings (SSSR count). The second-order valence-electron chi connectivity index (χ2n) is 3.73. The van der Waals surface area contributed by atoms with Crippen LogP contribution < -0.4 is 5.32 Å².